The van der Waals surface area contributed by atoms with E-state index in [4.69, 9.17) is 23.2 Å². The van der Waals surface area contributed by atoms with Crippen molar-refractivity contribution in [3.05, 3.63) is 70.1 Å². The third-order valence-corrected chi connectivity index (χ3v) is 3.77. The van der Waals surface area contributed by atoms with E-state index in [2.05, 4.69) is 10.3 Å². The summed E-state index contributed by atoms with van der Waals surface area (Å²) in [6, 6.07) is 12.0. The Hall–Kier alpha value is -1.84. The number of nitrogens with one attached hydrogen (secondary N) is 1. The number of benzene rings is 2. The zero-order valence-electron chi connectivity index (χ0n) is 10.9. The van der Waals surface area contributed by atoms with Gasteiger partial charge >= 0.3 is 0 Å². The molecule has 0 unspecified atom stereocenters. The molecule has 0 saturated carbocycles. The van der Waals surface area contributed by atoms with Gasteiger partial charge in [-0.15, -0.1) is 0 Å². The van der Waals surface area contributed by atoms with Crippen LogP contribution in [0.4, 0.5) is 10.1 Å². The lowest BCUT2D eigenvalue weighted by atomic mass is 10.1. The van der Waals surface area contributed by atoms with Crippen molar-refractivity contribution in [2.75, 3.05) is 5.32 Å². The van der Waals surface area contributed by atoms with Gasteiger partial charge in [0.25, 0.3) is 0 Å². The third-order valence-electron chi connectivity index (χ3n) is 3.20. The molecule has 5 heteroatoms. The Kier molecular flexibility index (Phi) is 3.95. The van der Waals surface area contributed by atoms with Crippen LogP contribution in [0.1, 0.15) is 5.56 Å². The van der Waals surface area contributed by atoms with Gasteiger partial charge in [-0.25, -0.2) is 4.39 Å². The maximum absolute atomic E-state index is 13.8. The van der Waals surface area contributed by atoms with Gasteiger partial charge in [0.05, 0.1) is 16.2 Å². The molecule has 2 aromatic carbocycles. The minimum absolute atomic E-state index is 0.332. The predicted octanol–water partition coefficient (Wildman–Crippen LogP) is 5.29. The van der Waals surface area contributed by atoms with Crippen molar-refractivity contribution in [2.24, 2.45) is 0 Å². The highest BCUT2D eigenvalue weighted by Crippen LogP contribution is 2.28. The highest BCUT2D eigenvalue weighted by molar-refractivity contribution is 6.35. The molecule has 0 fully saturated rings. The van der Waals surface area contributed by atoms with Crippen LogP contribution in [0, 0.1) is 5.82 Å². The number of aromatic nitrogens is 1. The summed E-state index contributed by atoms with van der Waals surface area (Å²) in [5.74, 6) is -0.332. The number of halogens is 3. The molecule has 21 heavy (non-hydrogen) atoms. The van der Waals surface area contributed by atoms with Gasteiger partial charge in [0.15, 0.2) is 0 Å². The average Bonchev–Trinajstić information content (AvgIpc) is 2.48. The summed E-state index contributed by atoms with van der Waals surface area (Å²) < 4.78 is 13.8. The minimum Gasteiger partial charge on any atom is -0.379 e. The first-order valence-corrected chi connectivity index (χ1v) is 7.12. The zero-order valence-corrected chi connectivity index (χ0v) is 12.4. The molecular weight excluding hydrogens is 310 g/mol. The summed E-state index contributed by atoms with van der Waals surface area (Å²) in [7, 11) is 0. The Bertz CT molecular complexity index is 805. The topological polar surface area (TPSA) is 24.9 Å². The molecule has 2 nitrogen and oxygen atoms in total. The molecule has 0 bridgehead atoms. The number of fused-ring (bicyclic) bond motifs is 1. The van der Waals surface area contributed by atoms with E-state index in [-0.39, 0.29) is 5.82 Å². The predicted molar refractivity (Wildman–Crippen MR) is 85.5 cm³/mol. The van der Waals surface area contributed by atoms with Crippen molar-refractivity contribution in [1.82, 2.24) is 4.98 Å². The van der Waals surface area contributed by atoms with Crippen LogP contribution in [-0.2, 0) is 6.54 Å². The number of hydrogen-bond donors (Lipinski definition) is 1. The number of anilines is 1. The molecule has 0 saturated heterocycles. The van der Waals surface area contributed by atoms with E-state index in [0.29, 0.717) is 22.2 Å². The maximum atomic E-state index is 13.8. The van der Waals surface area contributed by atoms with E-state index in [9.17, 15) is 4.39 Å². The molecule has 1 N–H and O–H groups in total. The summed E-state index contributed by atoms with van der Waals surface area (Å²) in [6.07, 6.45) is 1.70. The smallest absolute Gasteiger partial charge is 0.129 e. The molecular formula is C16H11Cl2FN2. The van der Waals surface area contributed by atoms with Crippen molar-refractivity contribution in [1.29, 1.82) is 0 Å². The molecule has 0 radical (unpaired) electrons. The van der Waals surface area contributed by atoms with E-state index in [0.717, 1.165) is 16.6 Å². The van der Waals surface area contributed by atoms with Crippen molar-refractivity contribution in [3.8, 4) is 0 Å². The molecule has 1 heterocycles. The fourth-order valence-corrected chi connectivity index (χ4v) is 2.51. The first-order valence-electron chi connectivity index (χ1n) is 6.36. The van der Waals surface area contributed by atoms with Crippen LogP contribution in [0.15, 0.2) is 48.7 Å². The molecule has 3 rings (SSSR count). The Labute approximate surface area is 131 Å². The third kappa shape index (κ3) is 2.94. The van der Waals surface area contributed by atoms with Crippen LogP contribution in [0.2, 0.25) is 10.0 Å². The zero-order chi connectivity index (χ0) is 14.8. The first-order chi connectivity index (χ1) is 10.1. The molecule has 0 amide bonds. The number of nitrogens with zero attached hydrogens (tertiary/aromatic N) is 1. The fourth-order valence-electron chi connectivity index (χ4n) is 2.14. The largest absolute Gasteiger partial charge is 0.379 e. The highest BCUT2D eigenvalue weighted by atomic mass is 35.5. The van der Waals surface area contributed by atoms with Gasteiger partial charge in [0, 0.05) is 28.7 Å². The van der Waals surface area contributed by atoms with Crippen LogP contribution in [-0.4, -0.2) is 4.98 Å². The fraction of sp³-hybridized carbons (Fsp3) is 0.0625. The van der Waals surface area contributed by atoms with Crippen molar-refractivity contribution in [3.63, 3.8) is 0 Å². The Balaban J connectivity index is 1.90. The molecule has 106 valence electrons. The van der Waals surface area contributed by atoms with E-state index < -0.39 is 0 Å². The lowest BCUT2D eigenvalue weighted by Gasteiger charge is -2.11. The number of hydrogen-bond acceptors (Lipinski definition) is 2. The van der Waals surface area contributed by atoms with Crippen molar-refractivity contribution < 1.29 is 4.39 Å². The SMILES string of the molecule is Fc1cc(Cl)ccc1CNc1ccc(Cl)c2cccnc12. The van der Waals surface area contributed by atoms with Gasteiger partial charge in [0.1, 0.15) is 5.82 Å². The van der Waals surface area contributed by atoms with E-state index in [1.165, 1.54) is 6.07 Å². The normalized spacial score (nSPS) is 10.8. The second kappa shape index (κ2) is 5.88. The lowest BCUT2D eigenvalue weighted by molar-refractivity contribution is 0.613. The van der Waals surface area contributed by atoms with Crippen molar-refractivity contribution in [2.45, 2.75) is 6.54 Å². The Morgan fingerprint density at radius 2 is 1.95 bits per heavy atom. The van der Waals surface area contributed by atoms with Crippen LogP contribution in [0.25, 0.3) is 10.9 Å². The van der Waals surface area contributed by atoms with E-state index in [1.807, 2.05) is 18.2 Å². The summed E-state index contributed by atoms with van der Waals surface area (Å²) >= 11 is 11.9. The van der Waals surface area contributed by atoms with Gasteiger partial charge in [-0.1, -0.05) is 29.3 Å². The molecule has 3 aromatic rings. The molecule has 0 aliphatic carbocycles. The number of pyridine rings is 1. The molecule has 0 aliphatic rings. The summed E-state index contributed by atoms with van der Waals surface area (Å²) in [5, 5.41) is 5.07. The standard InChI is InChI=1S/C16H11Cl2FN2/c17-11-4-3-10(14(19)8-11)9-21-15-6-5-13(18)12-2-1-7-20-16(12)15/h1-8,21H,9H2. The molecule has 1 aromatic heterocycles. The monoisotopic (exact) mass is 320 g/mol. The molecule has 0 spiro atoms. The van der Waals surface area contributed by atoms with Crippen LogP contribution in [0.5, 0.6) is 0 Å². The van der Waals surface area contributed by atoms with Crippen molar-refractivity contribution >= 4 is 39.8 Å². The number of rotatable bonds is 3. The Morgan fingerprint density at radius 3 is 2.76 bits per heavy atom. The van der Waals surface area contributed by atoms with Gasteiger partial charge in [-0.3, -0.25) is 4.98 Å². The van der Waals surface area contributed by atoms with E-state index >= 15 is 0 Å². The van der Waals surface area contributed by atoms with Gasteiger partial charge in [0.2, 0.25) is 0 Å². The van der Waals surface area contributed by atoms with Crippen LogP contribution < -0.4 is 5.32 Å². The highest BCUT2D eigenvalue weighted by Gasteiger charge is 2.07. The Morgan fingerprint density at radius 1 is 1.10 bits per heavy atom. The maximum Gasteiger partial charge on any atom is 0.129 e. The summed E-state index contributed by atoms with van der Waals surface area (Å²) in [4.78, 5) is 4.33. The molecule has 0 aliphatic heterocycles. The minimum atomic E-state index is -0.332. The van der Waals surface area contributed by atoms with Gasteiger partial charge in [-0.2, -0.15) is 0 Å². The average molecular weight is 321 g/mol. The van der Waals surface area contributed by atoms with Gasteiger partial charge in [-0.05, 0) is 36.4 Å². The summed E-state index contributed by atoms with van der Waals surface area (Å²) in [6.45, 7) is 0.344. The summed E-state index contributed by atoms with van der Waals surface area (Å²) in [5.41, 5.74) is 2.11. The lowest BCUT2D eigenvalue weighted by Crippen LogP contribution is -2.02. The second-order valence-electron chi connectivity index (χ2n) is 4.58. The van der Waals surface area contributed by atoms with E-state index in [1.54, 1.807) is 24.4 Å². The first kappa shape index (κ1) is 14.1. The quantitative estimate of drug-likeness (QED) is 0.709. The van der Waals surface area contributed by atoms with Crippen LogP contribution >= 0.6 is 23.2 Å². The molecule has 0 atom stereocenters. The second-order valence-corrected chi connectivity index (χ2v) is 5.43. The van der Waals surface area contributed by atoms with Gasteiger partial charge < -0.3 is 5.32 Å². The van der Waals surface area contributed by atoms with Crippen LogP contribution in [0.3, 0.4) is 0 Å².